The second-order valence-corrected chi connectivity index (χ2v) is 5.65. The smallest absolute Gasteiger partial charge is 0.275 e. The van der Waals surface area contributed by atoms with Crippen molar-refractivity contribution in [2.75, 3.05) is 0 Å². The van der Waals surface area contributed by atoms with Crippen molar-refractivity contribution in [3.63, 3.8) is 0 Å². The van der Waals surface area contributed by atoms with Crippen LogP contribution in [0, 0.1) is 10.1 Å². The van der Waals surface area contributed by atoms with Crippen LogP contribution in [0.25, 0.3) is 0 Å². The van der Waals surface area contributed by atoms with Crippen molar-refractivity contribution < 1.29 is 14.4 Å². The number of nitrogens with zero attached hydrogens (tertiary/aromatic N) is 1. The van der Waals surface area contributed by atoms with Gasteiger partial charge < -0.3 is 9.47 Å². The topological polar surface area (TPSA) is 61.6 Å². The van der Waals surface area contributed by atoms with Gasteiger partial charge >= 0.3 is 0 Å². The summed E-state index contributed by atoms with van der Waals surface area (Å²) in [5.41, 5.74) is 0.730. The molecular formula is C15H19NO4. The van der Waals surface area contributed by atoms with Gasteiger partial charge in [0.05, 0.1) is 16.6 Å². The summed E-state index contributed by atoms with van der Waals surface area (Å²) < 4.78 is 12.2. The molecule has 1 aromatic rings. The SMILES string of the molecule is CC1OC2(CCCCC2)OC1c1ccccc1[N+](=O)[O-]. The van der Waals surface area contributed by atoms with Crippen LogP contribution in [0.1, 0.15) is 50.7 Å². The Kier molecular flexibility index (Phi) is 3.48. The van der Waals surface area contributed by atoms with Gasteiger partial charge in [-0.05, 0) is 25.8 Å². The minimum absolute atomic E-state index is 0.112. The molecule has 1 saturated heterocycles. The molecule has 1 spiro atoms. The number of ether oxygens (including phenoxy) is 2. The summed E-state index contributed by atoms with van der Waals surface area (Å²) >= 11 is 0. The van der Waals surface area contributed by atoms with Crippen LogP contribution in [0.5, 0.6) is 0 Å². The molecule has 1 saturated carbocycles. The number of benzene rings is 1. The van der Waals surface area contributed by atoms with Crippen LogP contribution in [0.15, 0.2) is 24.3 Å². The van der Waals surface area contributed by atoms with Crippen molar-refractivity contribution in [3.05, 3.63) is 39.9 Å². The van der Waals surface area contributed by atoms with Crippen molar-refractivity contribution in [2.45, 2.75) is 57.0 Å². The van der Waals surface area contributed by atoms with E-state index in [4.69, 9.17) is 9.47 Å². The van der Waals surface area contributed by atoms with Gasteiger partial charge in [0.25, 0.3) is 5.69 Å². The van der Waals surface area contributed by atoms with Crippen molar-refractivity contribution in [1.82, 2.24) is 0 Å². The van der Waals surface area contributed by atoms with Gasteiger partial charge in [0, 0.05) is 18.9 Å². The third-order valence-electron chi connectivity index (χ3n) is 4.22. The van der Waals surface area contributed by atoms with Crippen molar-refractivity contribution >= 4 is 5.69 Å². The van der Waals surface area contributed by atoms with Crippen molar-refractivity contribution in [2.24, 2.45) is 0 Å². The quantitative estimate of drug-likeness (QED) is 0.610. The maximum absolute atomic E-state index is 11.2. The Morgan fingerprint density at radius 2 is 1.90 bits per heavy atom. The molecule has 0 N–H and O–H groups in total. The Morgan fingerprint density at radius 1 is 1.20 bits per heavy atom. The lowest BCUT2D eigenvalue weighted by molar-refractivity contribution is -0.386. The lowest BCUT2D eigenvalue weighted by atomic mass is 9.94. The molecule has 2 atom stereocenters. The molecule has 20 heavy (non-hydrogen) atoms. The highest BCUT2D eigenvalue weighted by molar-refractivity contribution is 5.42. The maximum Gasteiger partial charge on any atom is 0.275 e. The van der Waals surface area contributed by atoms with E-state index in [1.54, 1.807) is 12.1 Å². The number of para-hydroxylation sites is 1. The zero-order chi connectivity index (χ0) is 14.2. The molecule has 2 fully saturated rings. The highest BCUT2D eigenvalue weighted by Gasteiger charge is 2.48. The number of rotatable bonds is 2. The largest absolute Gasteiger partial charge is 0.344 e. The second-order valence-electron chi connectivity index (χ2n) is 5.65. The summed E-state index contributed by atoms with van der Waals surface area (Å²) in [6, 6.07) is 6.78. The summed E-state index contributed by atoms with van der Waals surface area (Å²) in [4.78, 5) is 10.8. The molecule has 0 amide bonds. The Bertz CT molecular complexity index is 510. The molecule has 2 unspecified atom stereocenters. The number of nitro groups is 1. The predicted molar refractivity (Wildman–Crippen MR) is 73.3 cm³/mol. The number of nitro benzene ring substituents is 1. The minimum atomic E-state index is -0.522. The fourth-order valence-electron chi connectivity index (χ4n) is 3.29. The fraction of sp³-hybridized carbons (Fsp3) is 0.600. The number of hydrogen-bond acceptors (Lipinski definition) is 4. The first-order valence-corrected chi connectivity index (χ1v) is 7.20. The van der Waals surface area contributed by atoms with E-state index < -0.39 is 5.79 Å². The summed E-state index contributed by atoms with van der Waals surface area (Å²) in [5, 5.41) is 11.2. The van der Waals surface area contributed by atoms with E-state index in [-0.39, 0.29) is 22.8 Å². The summed E-state index contributed by atoms with van der Waals surface area (Å²) in [6.45, 7) is 1.94. The van der Waals surface area contributed by atoms with E-state index in [1.807, 2.05) is 13.0 Å². The molecule has 5 nitrogen and oxygen atoms in total. The van der Waals surface area contributed by atoms with Gasteiger partial charge in [-0.25, -0.2) is 0 Å². The first kappa shape index (κ1) is 13.5. The second kappa shape index (κ2) is 5.14. The number of hydrogen-bond donors (Lipinski definition) is 0. The zero-order valence-corrected chi connectivity index (χ0v) is 11.6. The van der Waals surface area contributed by atoms with E-state index in [0.29, 0.717) is 5.56 Å². The van der Waals surface area contributed by atoms with Crippen LogP contribution in [-0.2, 0) is 9.47 Å². The van der Waals surface area contributed by atoms with Crippen LogP contribution < -0.4 is 0 Å². The molecule has 0 radical (unpaired) electrons. The zero-order valence-electron chi connectivity index (χ0n) is 11.6. The standard InChI is InChI=1S/C15H19NO4/c1-11-14(12-7-3-4-8-13(12)16(17)18)20-15(19-11)9-5-2-6-10-15/h3-4,7-8,11,14H,2,5-6,9-10H2,1H3. The van der Waals surface area contributed by atoms with Gasteiger partial charge in [-0.2, -0.15) is 0 Å². The third kappa shape index (κ3) is 2.31. The van der Waals surface area contributed by atoms with Crippen molar-refractivity contribution in [1.29, 1.82) is 0 Å². The van der Waals surface area contributed by atoms with Crippen LogP contribution in [0.4, 0.5) is 5.69 Å². The molecule has 1 aromatic carbocycles. The highest BCUT2D eigenvalue weighted by Crippen LogP contribution is 2.47. The van der Waals surface area contributed by atoms with Crippen molar-refractivity contribution in [3.8, 4) is 0 Å². The molecule has 0 aromatic heterocycles. The molecule has 1 aliphatic carbocycles. The molecule has 5 heteroatoms. The molecule has 108 valence electrons. The molecule has 1 heterocycles. The first-order valence-electron chi connectivity index (χ1n) is 7.20. The average molecular weight is 277 g/mol. The molecule has 3 rings (SSSR count). The lowest BCUT2D eigenvalue weighted by Crippen LogP contribution is -2.33. The highest BCUT2D eigenvalue weighted by atomic mass is 16.8. The maximum atomic E-state index is 11.2. The summed E-state index contributed by atoms with van der Waals surface area (Å²) in [5.74, 6) is -0.522. The van der Waals surface area contributed by atoms with E-state index in [0.717, 1.165) is 25.7 Å². The van der Waals surface area contributed by atoms with Gasteiger partial charge in [-0.3, -0.25) is 10.1 Å². The van der Waals surface area contributed by atoms with E-state index >= 15 is 0 Å². The monoisotopic (exact) mass is 277 g/mol. The van der Waals surface area contributed by atoms with E-state index in [1.165, 1.54) is 12.5 Å². The molecule has 0 bridgehead atoms. The molecular weight excluding hydrogens is 258 g/mol. The van der Waals surface area contributed by atoms with E-state index in [2.05, 4.69) is 0 Å². The summed E-state index contributed by atoms with van der Waals surface area (Å²) in [6.07, 6.45) is 4.65. The molecule has 2 aliphatic rings. The van der Waals surface area contributed by atoms with Gasteiger partial charge in [0.15, 0.2) is 5.79 Å². The van der Waals surface area contributed by atoms with Crippen LogP contribution in [0.3, 0.4) is 0 Å². The Morgan fingerprint density at radius 3 is 2.60 bits per heavy atom. The van der Waals surface area contributed by atoms with Gasteiger partial charge in [0.1, 0.15) is 6.10 Å². The lowest BCUT2D eigenvalue weighted by Gasteiger charge is -2.31. The summed E-state index contributed by atoms with van der Waals surface area (Å²) in [7, 11) is 0. The van der Waals surface area contributed by atoms with Crippen LogP contribution >= 0.6 is 0 Å². The van der Waals surface area contributed by atoms with Crippen LogP contribution in [-0.4, -0.2) is 16.8 Å². The Labute approximate surface area is 118 Å². The normalized spacial score (nSPS) is 28.6. The fourth-order valence-corrected chi connectivity index (χ4v) is 3.29. The average Bonchev–Trinajstić information content (AvgIpc) is 2.76. The van der Waals surface area contributed by atoms with Gasteiger partial charge in [0.2, 0.25) is 0 Å². The van der Waals surface area contributed by atoms with E-state index in [9.17, 15) is 10.1 Å². The Hall–Kier alpha value is -1.46. The van der Waals surface area contributed by atoms with Gasteiger partial charge in [-0.15, -0.1) is 0 Å². The minimum Gasteiger partial charge on any atom is -0.344 e. The third-order valence-corrected chi connectivity index (χ3v) is 4.22. The predicted octanol–water partition coefficient (Wildman–Crippen LogP) is 3.73. The first-order chi connectivity index (χ1) is 9.61. The van der Waals surface area contributed by atoms with Gasteiger partial charge in [-0.1, -0.05) is 18.6 Å². The molecule has 1 aliphatic heterocycles. The van der Waals surface area contributed by atoms with Crippen LogP contribution in [0.2, 0.25) is 0 Å². The Balaban J connectivity index is 1.89.